The zero-order valence-corrected chi connectivity index (χ0v) is 11.9. The molecular weight excluding hydrogens is 299 g/mol. The maximum atomic E-state index is 12.5. The summed E-state index contributed by atoms with van der Waals surface area (Å²) in [6.07, 6.45) is -1.01. The molecule has 0 aliphatic rings. The summed E-state index contributed by atoms with van der Waals surface area (Å²) in [5.74, 6) is 0. The van der Waals surface area contributed by atoms with Gasteiger partial charge >= 0.3 is 6.18 Å². The number of hydrogen-bond donors (Lipinski definition) is 0. The smallest absolute Gasteiger partial charge is 0.312 e. The number of aryl methyl sites for hydroxylation is 1. The summed E-state index contributed by atoms with van der Waals surface area (Å²) in [7, 11) is 1.82. The normalized spacial score (nSPS) is 12.0. The largest absolute Gasteiger partial charge is 0.416 e. The van der Waals surface area contributed by atoms with Gasteiger partial charge in [-0.1, -0.05) is 30.5 Å². The number of benzene rings is 1. The minimum absolute atomic E-state index is 0.624. The summed E-state index contributed by atoms with van der Waals surface area (Å²) in [6.45, 7) is 3.83. The lowest BCUT2D eigenvalue weighted by Gasteiger charge is -2.07. The molecule has 0 radical (unpaired) electrons. The van der Waals surface area contributed by atoms with E-state index in [1.807, 2.05) is 7.05 Å². The summed E-state index contributed by atoms with van der Waals surface area (Å²) in [5, 5.41) is 10.1. The second-order valence-corrected chi connectivity index (χ2v) is 5.12. The van der Waals surface area contributed by atoms with Crippen molar-refractivity contribution in [2.75, 3.05) is 0 Å². The summed E-state index contributed by atoms with van der Waals surface area (Å²) >= 11 is 1.35. The van der Waals surface area contributed by atoms with Gasteiger partial charge in [0.05, 0.1) is 5.56 Å². The molecule has 0 aliphatic heterocycles. The molecule has 21 heavy (non-hydrogen) atoms. The molecule has 2 aromatic rings. The van der Waals surface area contributed by atoms with Crippen molar-refractivity contribution >= 4 is 17.3 Å². The molecule has 0 bridgehead atoms. The van der Waals surface area contributed by atoms with Crippen LogP contribution in [0.2, 0.25) is 0 Å². The molecule has 3 nitrogen and oxygen atoms in total. The van der Waals surface area contributed by atoms with E-state index < -0.39 is 11.7 Å². The van der Waals surface area contributed by atoms with E-state index in [-0.39, 0.29) is 0 Å². The number of halogens is 3. The van der Waals surface area contributed by atoms with E-state index in [2.05, 4.69) is 16.8 Å². The van der Waals surface area contributed by atoms with Crippen LogP contribution in [0, 0.1) is 0 Å². The minimum atomic E-state index is -4.32. The molecular formula is C14H12F3N3S. The van der Waals surface area contributed by atoms with Crippen molar-refractivity contribution in [3.63, 3.8) is 0 Å². The van der Waals surface area contributed by atoms with Crippen LogP contribution in [0.15, 0.2) is 53.8 Å². The highest BCUT2D eigenvalue weighted by atomic mass is 32.2. The van der Waals surface area contributed by atoms with Crippen molar-refractivity contribution < 1.29 is 13.2 Å². The Balaban J connectivity index is 2.02. The maximum absolute atomic E-state index is 12.5. The van der Waals surface area contributed by atoms with Crippen LogP contribution in [0.25, 0.3) is 5.57 Å². The van der Waals surface area contributed by atoms with Crippen molar-refractivity contribution in [2.45, 2.75) is 11.3 Å². The number of nitrogens with zero attached hydrogens (tertiary/aromatic N) is 3. The van der Waals surface area contributed by atoms with Crippen LogP contribution in [-0.4, -0.2) is 14.8 Å². The van der Waals surface area contributed by atoms with Gasteiger partial charge in [-0.15, -0.1) is 10.2 Å². The molecule has 0 spiro atoms. The number of alkyl halides is 3. The van der Waals surface area contributed by atoms with Gasteiger partial charge in [0.15, 0.2) is 5.16 Å². The first-order valence-corrected chi connectivity index (χ1v) is 6.79. The zero-order chi connectivity index (χ0) is 15.5. The van der Waals surface area contributed by atoms with Gasteiger partial charge in [0, 0.05) is 7.05 Å². The standard InChI is InChI=1S/C14H12F3N3S/c1-10(7-8-21-13-19-18-9-20(13)2)11-3-5-12(6-4-11)14(15,16)17/h3-9H,1H2,2H3/b8-7+. The molecule has 0 saturated carbocycles. The van der Waals surface area contributed by atoms with Gasteiger partial charge in [0.2, 0.25) is 0 Å². The van der Waals surface area contributed by atoms with Crippen LogP contribution in [0.4, 0.5) is 13.2 Å². The van der Waals surface area contributed by atoms with Crippen LogP contribution < -0.4 is 0 Å². The van der Waals surface area contributed by atoms with Crippen molar-refractivity contribution in [2.24, 2.45) is 7.05 Å². The van der Waals surface area contributed by atoms with E-state index in [1.165, 1.54) is 23.9 Å². The first-order valence-electron chi connectivity index (χ1n) is 5.91. The molecule has 1 aromatic heterocycles. The summed E-state index contributed by atoms with van der Waals surface area (Å²) < 4.78 is 39.1. The monoisotopic (exact) mass is 311 g/mol. The van der Waals surface area contributed by atoms with Gasteiger partial charge in [-0.25, -0.2) is 0 Å². The van der Waals surface area contributed by atoms with Crippen molar-refractivity contribution in [3.8, 4) is 0 Å². The van der Waals surface area contributed by atoms with E-state index in [1.54, 1.807) is 22.4 Å². The first-order chi connectivity index (χ1) is 9.88. The maximum Gasteiger partial charge on any atom is 0.416 e. The second-order valence-electron chi connectivity index (χ2n) is 4.25. The lowest BCUT2D eigenvalue weighted by Crippen LogP contribution is -2.04. The van der Waals surface area contributed by atoms with E-state index in [0.29, 0.717) is 16.3 Å². The predicted molar refractivity (Wildman–Crippen MR) is 76.5 cm³/mol. The Kier molecular flexibility index (Phi) is 4.52. The molecule has 0 atom stereocenters. The number of rotatable bonds is 4. The number of allylic oxidation sites excluding steroid dienone is 2. The van der Waals surface area contributed by atoms with E-state index >= 15 is 0 Å². The molecule has 0 saturated heterocycles. The third-order valence-electron chi connectivity index (χ3n) is 2.70. The quantitative estimate of drug-likeness (QED) is 0.627. The van der Waals surface area contributed by atoms with Gasteiger partial charge in [0.1, 0.15) is 6.33 Å². The Hall–Kier alpha value is -2.02. The van der Waals surface area contributed by atoms with Gasteiger partial charge in [-0.3, -0.25) is 0 Å². The number of aromatic nitrogens is 3. The highest BCUT2D eigenvalue weighted by Crippen LogP contribution is 2.30. The fraction of sp³-hybridized carbons (Fsp3) is 0.143. The second kappa shape index (κ2) is 6.17. The Morgan fingerprint density at radius 1 is 1.29 bits per heavy atom. The van der Waals surface area contributed by atoms with Gasteiger partial charge in [0.25, 0.3) is 0 Å². The summed E-state index contributed by atoms with van der Waals surface area (Å²) in [5.41, 5.74) is 0.590. The average molecular weight is 311 g/mol. The fourth-order valence-electron chi connectivity index (χ4n) is 1.53. The zero-order valence-electron chi connectivity index (χ0n) is 11.1. The molecule has 1 heterocycles. The Morgan fingerprint density at radius 2 is 1.95 bits per heavy atom. The fourth-order valence-corrected chi connectivity index (χ4v) is 2.19. The van der Waals surface area contributed by atoms with Crippen LogP contribution in [0.5, 0.6) is 0 Å². The molecule has 0 fully saturated rings. The van der Waals surface area contributed by atoms with Gasteiger partial charge < -0.3 is 4.57 Å². The van der Waals surface area contributed by atoms with Crippen LogP contribution in [0.3, 0.4) is 0 Å². The Labute approximate surface area is 124 Å². The van der Waals surface area contributed by atoms with Crippen LogP contribution >= 0.6 is 11.8 Å². The van der Waals surface area contributed by atoms with E-state index in [0.717, 1.165) is 12.1 Å². The van der Waals surface area contributed by atoms with Crippen molar-refractivity contribution in [3.05, 3.63) is 59.8 Å². The van der Waals surface area contributed by atoms with Gasteiger partial charge in [-0.2, -0.15) is 13.2 Å². The average Bonchev–Trinajstić information content (AvgIpc) is 2.83. The SMILES string of the molecule is C=C(/C=C/Sc1nncn1C)c1ccc(C(F)(F)F)cc1. The lowest BCUT2D eigenvalue weighted by atomic mass is 10.1. The molecule has 0 N–H and O–H groups in total. The first kappa shape index (κ1) is 15.4. The minimum Gasteiger partial charge on any atom is -0.312 e. The number of hydrogen-bond acceptors (Lipinski definition) is 3. The van der Waals surface area contributed by atoms with Crippen LogP contribution in [-0.2, 0) is 13.2 Å². The summed E-state index contributed by atoms with van der Waals surface area (Å²) in [6, 6.07) is 4.90. The molecule has 0 unspecified atom stereocenters. The lowest BCUT2D eigenvalue weighted by molar-refractivity contribution is -0.137. The third kappa shape index (κ3) is 3.98. The topological polar surface area (TPSA) is 30.7 Å². The summed E-state index contributed by atoms with van der Waals surface area (Å²) in [4.78, 5) is 0. The molecule has 7 heteroatoms. The highest BCUT2D eigenvalue weighted by Gasteiger charge is 2.29. The van der Waals surface area contributed by atoms with Crippen LogP contribution in [0.1, 0.15) is 11.1 Å². The molecule has 0 amide bonds. The Bertz CT molecular complexity index is 657. The Morgan fingerprint density at radius 3 is 2.48 bits per heavy atom. The van der Waals surface area contributed by atoms with Gasteiger partial charge in [-0.05, 0) is 34.8 Å². The molecule has 110 valence electrons. The number of thioether (sulfide) groups is 1. The van der Waals surface area contributed by atoms with Crippen molar-refractivity contribution in [1.29, 1.82) is 0 Å². The predicted octanol–water partition coefficient (Wildman–Crippen LogP) is 4.15. The van der Waals surface area contributed by atoms with Crippen molar-refractivity contribution in [1.82, 2.24) is 14.8 Å². The highest BCUT2D eigenvalue weighted by molar-refractivity contribution is 8.02. The molecule has 1 aromatic carbocycles. The molecule has 2 rings (SSSR count). The third-order valence-corrected chi connectivity index (χ3v) is 3.55. The van der Waals surface area contributed by atoms with E-state index in [4.69, 9.17) is 0 Å². The molecule has 0 aliphatic carbocycles. The van der Waals surface area contributed by atoms with E-state index in [9.17, 15) is 13.2 Å².